The van der Waals surface area contributed by atoms with Gasteiger partial charge in [0.25, 0.3) is 5.56 Å². The van der Waals surface area contributed by atoms with Gasteiger partial charge in [0.05, 0.1) is 22.8 Å². The van der Waals surface area contributed by atoms with Crippen LogP contribution in [0.1, 0.15) is 11.1 Å². The lowest BCUT2D eigenvalue weighted by Crippen LogP contribution is -2.22. The minimum Gasteiger partial charge on any atom is -0.298 e. The topological polar surface area (TPSA) is 34.9 Å². The molecule has 8 heteroatoms. The highest BCUT2D eigenvalue weighted by Crippen LogP contribution is 2.30. The molecule has 136 valence electrons. The molecule has 1 aromatic heterocycles. The molecule has 0 N–H and O–H groups in total. The van der Waals surface area contributed by atoms with Gasteiger partial charge in [0.2, 0.25) is 0 Å². The summed E-state index contributed by atoms with van der Waals surface area (Å²) in [5, 5.41) is -0.0911. The Morgan fingerprint density at radius 1 is 1.15 bits per heavy atom. The van der Waals surface area contributed by atoms with Crippen LogP contribution >= 0.6 is 11.8 Å². The van der Waals surface area contributed by atoms with Gasteiger partial charge >= 0.3 is 6.18 Å². The second-order valence-corrected chi connectivity index (χ2v) is 6.53. The van der Waals surface area contributed by atoms with Crippen LogP contribution < -0.4 is 5.56 Å². The molecule has 0 amide bonds. The van der Waals surface area contributed by atoms with Crippen molar-refractivity contribution >= 4 is 22.7 Å². The predicted octanol–water partition coefficient (Wildman–Crippen LogP) is 4.52. The zero-order chi connectivity index (χ0) is 18.9. The minimum absolute atomic E-state index is 0.0911. The maximum atomic E-state index is 13.5. The number of aromatic nitrogens is 2. The molecule has 0 aliphatic rings. The summed E-state index contributed by atoms with van der Waals surface area (Å²) in [7, 11) is 0. The highest BCUT2D eigenvalue weighted by molar-refractivity contribution is 7.98. The molecule has 0 saturated heterocycles. The first-order valence-corrected chi connectivity index (χ1v) is 8.91. The molecule has 0 unspecified atom stereocenters. The van der Waals surface area contributed by atoms with E-state index in [4.69, 9.17) is 0 Å². The van der Waals surface area contributed by atoms with E-state index in [1.807, 2.05) is 6.26 Å². The summed E-state index contributed by atoms with van der Waals surface area (Å²) in [6.07, 6.45) is -1.01. The second-order valence-electron chi connectivity index (χ2n) is 5.68. The zero-order valence-electron chi connectivity index (χ0n) is 13.7. The molecule has 3 aromatic rings. The lowest BCUT2D eigenvalue weighted by Gasteiger charge is -2.11. The monoisotopic (exact) mass is 382 g/mol. The molecule has 0 aliphatic carbocycles. The number of hydrogen-bond donors (Lipinski definition) is 0. The lowest BCUT2D eigenvalue weighted by molar-refractivity contribution is -0.137. The average Bonchev–Trinajstić information content (AvgIpc) is 2.60. The third-order valence-corrected chi connectivity index (χ3v) is 4.85. The number of halogens is 4. The van der Waals surface area contributed by atoms with Gasteiger partial charge in [-0.25, -0.2) is 9.37 Å². The van der Waals surface area contributed by atoms with E-state index >= 15 is 0 Å². The maximum Gasteiger partial charge on any atom is 0.416 e. The fourth-order valence-electron chi connectivity index (χ4n) is 2.68. The standard InChI is InChI=1S/C18H14F4N2OS/c1-26-16-5-3-13(19)8-11(16)6-7-24-10-23-15-4-2-12(18(20,21)22)9-14(15)17(24)25/h2-5,8-10H,6-7H2,1H3. The van der Waals surface area contributed by atoms with Crippen molar-refractivity contribution in [3.8, 4) is 0 Å². The van der Waals surface area contributed by atoms with Gasteiger partial charge in [-0.2, -0.15) is 13.2 Å². The first-order chi connectivity index (χ1) is 12.3. The lowest BCUT2D eigenvalue weighted by atomic mass is 10.1. The number of alkyl halides is 3. The van der Waals surface area contributed by atoms with Crippen molar-refractivity contribution in [3.05, 3.63) is 70.0 Å². The van der Waals surface area contributed by atoms with Gasteiger partial charge in [-0.1, -0.05) is 0 Å². The fourth-order valence-corrected chi connectivity index (χ4v) is 3.31. The maximum absolute atomic E-state index is 13.5. The molecule has 0 atom stereocenters. The van der Waals surface area contributed by atoms with Crippen molar-refractivity contribution in [2.24, 2.45) is 0 Å². The van der Waals surface area contributed by atoms with Gasteiger partial charge in [0.1, 0.15) is 5.82 Å². The molecule has 3 nitrogen and oxygen atoms in total. The van der Waals surface area contributed by atoms with E-state index in [1.54, 1.807) is 6.07 Å². The number of hydrogen-bond acceptors (Lipinski definition) is 3. The van der Waals surface area contributed by atoms with Crippen LogP contribution in [0.2, 0.25) is 0 Å². The summed E-state index contributed by atoms with van der Waals surface area (Å²) in [6, 6.07) is 7.31. The quantitative estimate of drug-likeness (QED) is 0.492. The van der Waals surface area contributed by atoms with Crippen LogP contribution in [0, 0.1) is 5.82 Å². The van der Waals surface area contributed by atoms with Gasteiger partial charge in [-0.05, 0) is 54.6 Å². The van der Waals surface area contributed by atoms with Gasteiger partial charge in [-0.3, -0.25) is 9.36 Å². The van der Waals surface area contributed by atoms with Crippen molar-refractivity contribution < 1.29 is 17.6 Å². The first kappa shape index (κ1) is 18.4. The van der Waals surface area contributed by atoms with Crippen LogP contribution in [0.5, 0.6) is 0 Å². The average molecular weight is 382 g/mol. The van der Waals surface area contributed by atoms with Gasteiger partial charge in [-0.15, -0.1) is 11.8 Å². The van der Waals surface area contributed by atoms with Crippen molar-refractivity contribution in [2.75, 3.05) is 6.26 Å². The minimum atomic E-state index is -4.53. The van der Waals surface area contributed by atoms with E-state index in [0.717, 1.165) is 22.6 Å². The van der Waals surface area contributed by atoms with E-state index in [-0.39, 0.29) is 23.3 Å². The molecule has 3 rings (SSSR count). The van der Waals surface area contributed by atoms with E-state index in [2.05, 4.69) is 4.98 Å². The largest absolute Gasteiger partial charge is 0.416 e. The highest BCUT2D eigenvalue weighted by Gasteiger charge is 2.30. The Bertz CT molecular complexity index is 1010. The number of nitrogens with zero attached hydrogens (tertiary/aromatic N) is 2. The van der Waals surface area contributed by atoms with Crippen molar-refractivity contribution in [2.45, 2.75) is 24.0 Å². The van der Waals surface area contributed by atoms with Gasteiger partial charge in [0, 0.05) is 11.4 Å². The van der Waals surface area contributed by atoms with Crippen LogP contribution in [0.15, 0.2) is 52.4 Å². The summed E-state index contributed by atoms with van der Waals surface area (Å²) in [4.78, 5) is 17.5. The van der Waals surface area contributed by atoms with E-state index in [1.165, 1.54) is 40.9 Å². The van der Waals surface area contributed by atoms with Crippen molar-refractivity contribution in [1.82, 2.24) is 9.55 Å². The Morgan fingerprint density at radius 2 is 1.92 bits per heavy atom. The Labute approximate surface area is 150 Å². The number of rotatable bonds is 4. The number of benzene rings is 2. The van der Waals surface area contributed by atoms with E-state index in [9.17, 15) is 22.4 Å². The summed E-state index contributed by atoms with van der Waals surface area (Å²) >= 11 is 1.46. The van der Waals surface area contributed by atoms with Crippen LogP contribution in [0.3, 0.4) is 0 Å². The van der Waals surface area contributed by atoms with Crippen molar-refractivity contribution in [3.63, 3.8) is 0 Å². The normalized spacial score (nSPS) is 11.9. The van der Waals surface area contributed by atoms with E-state index in [0.29, 0.717) is 6.42 Å². The van der Waals surface area contributed by atoms with E-state index < -0.39 is 17.3 Å². The summed E-state index contributed by atoms with van der Waals surface area (Å²) in [5.41, 5.74) is -0.511. The van der Waals surface area contributed by atoms with Crippen LogP contribution in [-0.4, -0.2) is 15.8 Å². The second kappa shape index (κ2) is 7.11. The van der Waals surface area contributed by atoms with Crippen LogP contribution in [-0.2, 0) is 19.1 Å². The molecule has 0 fully saturated rings. The third-order valence-electron chi connectivity index (χ3n) is 4.02. The number of thioether (sulfide) groups is 1. The Kier molecular flexibility index (Phi) is 5.04. The molecule has 1 heterocycles. The molecule has 0 saturated carbocycles. The van der Waals surface area contributed by atoms with Crippen molar-refractivity contribution in [1.29, 1.82) is 0 Å². The van der Waals surface area contributed by atoms with Crippen LogP contribution in [0.25, 0.3) is 10.9 Å². The SMILES string of the molecule is CSc1ccc(F)cc1CCn1cnc2ccc(C(F)(F)F)cc2c1=O. The first-order valence-electron chi connectivity index (χ1n) is 7.68. The van der Waals surface area contributed by atoms with Crippen LogP contribution in [0.4, 0.5) is 17.6 Å². The molecule has 0 bridgehead atoms. The fraction of sp³-hybridized carbons (Fsp3) is 0.222. The third kappa shape index (κ3) is 3.75. The zero-order valence-corrected chi connectivity index (χ0v) is 14.5. The Balaban J connectivity index is 1.95. The molecule has 0 aliphatic heterocycles. The smallest absolute Gasteiger partial charge is 0.298 e. The number of fused-ring (bicyclic) bond motifs is 1. The molecule has 0 spiro atoms. The molecule has 2 aromatic carbocycles. The molecular formula is C18H14F4N2OS. The Hall–Kier alpha value is -2.35. The summed E-state index contributed by atoms with van der Waals surface area (Å²) < 4.78 is 53.3. The molecule has 26 heavy (non-hydrogen) atoms. The summed E-state index contributed by atoms with van der Waals surface area (Å²) in [5.74, 6) is -0.378. The molecular weight excluding hydrogens is 368 g/mol. The highest BCUT2D eigenvalue weighted by atomic mass is 32.2. The Morgan fingerprint density at radius 3 is 2.62 bits per heavy atom. The number of aryl methyl sites for hydroxylation is 2. The molecule has 0 radical (unpaired) electrons. The predicted molar refractivity (Wildman–Crippen MR) is 92.9 cm³/mol. The summed E-state index contributed by atoms with van der Waals surface area (Å²) in [6.45, 7) is 0.190. The van der Waals surface area contributed by atoms with Gasteiger partial charge in [0.15, 0.2) is 0 Å². The van der Waals surface area contributed by atoms with Gasteiger partial charge < -0.3 is 0 Å².